The standard InChI is InChI=1S/C15H11NO3S2/c17-13-7-6-11(19-13)8-12-14(18)16(15(20)21-12)9-10-4-2-1-3-5-10/h1-8,17H,9H2/b12-8+. The van der Waals surface area contributed by atoms with Crippen LogP contribution in [-0.4, -0.2) is 20.2 Å². The maximum absolute atomic E-state index is 12.4. The molecule has 1 aliphatic rings. The summed E-state index contributed by atoms with van der Waals surface area (Å²) >= 11 is 6.49. The Hall–Kier alpha value is -2.05. The van der Waals surface area contributed by atoms with Gasteiger partial charge in [-0.3, -0.25) is 9.69 Å². The normalized spacial score (nSPS) is 17.0. The molecule has 0 bridgehead atoms. The maximum atomic E-state index is 12.4. The zero-order valence-corrected chi connectivity index (χ0v) is 12.5. The van der Waals surface area contributed by atoms with Crippen molar-refractivity contribution >= 4 is 40.3 Å². The molecule has 0 radical (unpaired) electrons. The highest BCUT2D eigenvalue weighted by Gasteiger charge is 2.32. The van der Waals surface area contributed by atoms with Gasteiger partial charge in [-0.15, -0.1) is 0 Å². The molecule has 106 valence electrons. The predicted octanol–water partition coefficient (Wildman–Crippen LogP) is 3.39. The lowest BCUT2D eigenvalue weighted by molar-refractivity contribution is -0.122. The molecule has 1 aliphatic heterocycles. The van der Waals surface area contributed by atoms with Gasteiger partial charge in [-0.25, -0.2) is 0 Å². The van der Waals surface area contributed by atoms with Crippen LogP contribution < -0.4 is 0 Å². The number of thiocarbonyl (C=S) groups is 1. The van der Waals surface area contributed by atoms with Gasteiger partial charge in [0.05, 0.1) is 11.4 Å². The summed E-state index contributed by atoms with van der Waals surface area (Å²) in [5.74, 6) is 0.0958. The van der Waals surface area contributed by atoms with Crippen molar-refractivity contribution in [3.63, 3.8) is 0 Å². The van der Waals surface area contributed by atoms with Crippen LogP contribution in [0.5, 0.6) is 5.95 Å². The summed E-state index contributed by atoms with van der Waals surface area (Å²) in [6, 6.07) is 12.7. The van der Waals surface area contributed by atoms with Gasteiger partial charge >= 0.3 is 0 Å². The van der Waals surface area contributed by atoms with E-state index in [9.17, 15) is 4.79 Å². The van der Waals surface area contributed by atoms with Crippen molar-refractivity contribution in [2.45, 2.75) is 6.54 Å². The van der Waals surface area contributed by atoms with Gasteiger partial charge in [0.1, 0.15) is 10.1 Å². The Morgan fingerprint density at radius 3 is 2.67 bits per heavy atom. The highest BCUT2D eigenvalue weighted by molar-refractivity contribution is 8.26. The molecular formula is C15H11NO3S2. The molecule has 1 N–H and O–H groups in total. The number of nitrogens with zero attached hydrogens (tertiary/aromatic N) is 1. The van der Waals surface area contributed by atoms with Gasteiger partial charge in [-0.05, 0) is 11.6 Å². The number of amides is 1. The summed E-state index contributed by atoms with van der Waals surface area (Å²) in [5.41, 5.74) is 1.02. The molecular weight excluding hydrogens is 306 g/mol. The molecule has 0 saturated carbocycles. The van der Waals surface area contributed by atoms with Crippen molar-refractivity contribution in [2.24, 2.45) is 0 Å². The zero-order chi connectivity index (χ0) is 14.8. The van der Waals surface area contributed by atoms with E-state index in [-0.39, 0.29) is 11.9 Å². The first-order chi connectivity index (χ1) is 10.1. The Labute approximate surface area is 131 Å². The van der Waals surface area contributed by atoms with Crippen molar-refractivity contribution in [2.75, 3.05) is 0 Å². The molecule has 6 heteroatoms. The Balaban J connectivity index is 1.81. The van der Waals surface area contributed by atoms with E-state index in [4.69, 9.17) is 21.7 Å². The number of hydrogen-bond donors (Lipinski definition) is 1. The summed E-state index contributed by atoms with van der Waals surface area (Å²) in [4.78, 5) is 14.4. The average molecular weight is 317 g/mol. The minimum absolute atomic E-state index is 0.148. The van der Waals surface area contributed by atoms with Gasteiger partial charge in [0.25, 0.3) is 11.9 Å². The Bertz CT molecular complexity index is 722. The van der Waals surface area contributed by atoms with Gasteiger partial charge in [-0.1, -0.05) is 54.3 Å². The Morgan fingerprint density at radius 2 is 2.00 bits per heavy atom. The van der Waals surface area contributed by atoms with Crippen LogP contribution in [0.2, 0.25) is 0 Å². The van der Waals surface area contributed by atoms with E-state index in [1.807, 2.05) is 30.3 Å². The number of rotatable bonds is 3. The van der Waals surface area contributed by atoms with Crippen LogP contribution in [0, 0.1) is 0 Å². The number of benzene rings is 1. The molecule has 0 spiro atoms. The molecule has 1 fully saturated rings. The van der Waals surface area contributed by atoms with Crippen LogP contribution in [0.15, 0.2) is 51.8 Å². The smallest absolute Gasteiger partial charge is 0.282 e. The van der Waals surface area contributed by atoms with E-state index in [0.717, 1.165) is 5.56 Å². The number of carbonyl (C=O) groups excluding carboxylic acids is 1. The lowest BCUT2D eigenvalue weighted by atomic mass is 10.2. The van der Waals surface area contributed by atoms with E-state index < -0.39 is 0 Å². The molecule has 2 aromatic rings. The monoisotopic (exact) mass is 317 g/mol. The van der Waals surface area contributed by atoms with Gasteiger partial charge in [0, 0.05) is 12.1 Å². The Kier molecular flexibility index (Phi) is 3.81. The first-order valence-corrected chi connectivity index (χ1v) is 7.44. The third-order valence-electron chi connectivity index (χ3n) is 2.94. The maximum Gasteiger partial charge on any atom is 0.282 e. The van der Waals surface area contributed by atoms with Crippen LogP contribution in [-0.2, 0) is 11.3 Å². The molecule has 1 saturated heterocycles. The summed E-state index contributed by atoms with van der Waals surface area (Å²) in [6.45, 7) is 0.451. The second-order valence-corrected chi connectivity index (χ2v) is 6.11. The lowest BCUT2D eigenvalue weighted by Crippen LogP contribution is -2.27. The number of hydrogen-bond acceptors (Lipinski definition) is 5. The fourth-order valence-corrected chi connectivity index (χ4v) is 3.19. The van der Waals surface area contributed by atoms with Crippen LogP contribution in [0.25, 0.3) is 6.08 Å². The third-order valence-corrected chi connectivity index (χ3v) is 4.32. The predicted molar refractivity (Wildman–Crippen MR) is 85.5 cm³/mol. The molecule has 0 atom stereocenters. The molecule has 1 aromatic carbocycles. The number of thioether (sulfide) groups is 1. The molecule has 1 amide bonds. The van der Waals surface area contributed by atoms with Gasteiger partial charge in [0.2, 0.25) is 0 Å². The van der Waals surface area contributed by atoms with E-state index in [2.05, 4.69) is 0 Å². The zero-order valence-electron chi connectivity index (χ0n) is 10.9. The summed E-state index contributed by atoms with van der Waals surface area (Å²) < 4.78 is 5.55. The SMILES string of the molecule is O=C1/C(=C\c2ccc(O)o2)SC(=S)N1Cc1ccccc1. The quantitative estimate of drug-likeness (QED) is 0.695. The summed E-state index contributed by atoms with van der Waals surface area (Å²) in [6.07, 6.45) is 1.59. The molecule has 0 unspecified atom stereocenters. The topological polar surface area (TPSA) is 53.7 Å². The fourth-order valence-electron chi connectivity index (χ4n) is 1.95. The van der Waals surface area contributed by atoms with E-state index >= 15 is 0 Å². The molecule has 1 aromatic heterocycles. The van der Waals surface area contributed by atoms with Crippen molar-refractivity contribution in [3.8, 4) is 5.95 Å². The van der Waals surface area contributed by atoms with Gasteiger partial charge in [0.15, 0.2) is 0 Å². The van der Waals surface area contributed by atoms with Crippen LogP contribution >= 0.6 is 24.0 Å². The number of furan rings is 1. The van der Waals surface area contributed by atoms with Gasteiger partial charge < -0.3 is 9.52 Å². The van der Waals surface area contributed by atoms with Crippen molar-refractivity contribution < 1.29 is 14.3 Å². The molecule has 21 heavy (non-hydrogen) atoms. The summed E-state index contributed by atoms with van der Waals surface area (Å²) in [5, 5.41) is 9.17. The van der Waals surface area contributed by atoms with Crippen molar-refractivity contribution in [1.82, 2.24) is 4.90 Å². The highest BCUT2D eigenvalue weighted by Crippen LogP contribution is 2.34. The summed E-state index contributed by atoms with van der Waals surface area (Å²) in [7, 11) is 0. The first-order valence-electron chi connectivity index (χ1n) is 6.21. The second-order valence-electron chi connectivity index (χ2n) is 4.43. The third kappa shape index (κ3) is 3.01. The molecule has 3 rings (SSSR count). The average Bonchev–Trinajstić information content (AvgIpc) is 2.99. The largest absolute Gasteiger partial charge is 0.481 e. The van der Waals surface area contributed by atoms with Crippen LogP contribution in [0.1, 0.15) is 11.3 Å². The lowest BCUT2D eigenvalue weighted by Gasteiger charge is -2.14. The van der Waals surface area contributed by atoms with Gasteiger partial charge in [-0.2, -0.15) is 0 Å². The first kappa shape index (κ1) is 13.9. The van der Waals surface area contributed by atoms with E-state index in [0.29, 0.717) is 21.5 Å². The molecule has 4 nitrogen and oxygen atoms in total. The number of carbonyl (C=O) groups is 1. The van der Waals surface area contributed by atoms with Crippen LogP contribution in [0.3, 0.4) is 0 Å². The Morgan fingerprint density at radius 1 is 1.24 bits per heavy atom. The number of aromatic hydroxyl groups is 1. The van der Waals surface area contributed by atoms with Crippen molar-refractivity contribution in [1.29, 1.82) is 0 Å². The van der Waals surface area contributed by atoms with Crippen LogP contribution in [0.4, 0.5) is 0 Å². The minimum atomic E-state index is -0.180. The van der Waals surface area contributed by atoms with E-state index in [1.165, 1.54) is 17.8 Å². The second kappa shape index (κ2) is 5.75. The van der Waals surface area contributed by atoms with Crippen molar-refractivity contribution in [3.05, 3.63) is 58.7 Å². The fraction of sp³-hybridized carbons (Fsp3) is 0.0667. The molecule has 0 aliphatic carbocycles. The minimum Gasteiger partial charge on any atom is -0.481 e. The van der Waals surface area contributed by atoms with E-state index in [1.54, 1.807) is 17.0 Å². The highest BCUT2D eigenvalue weighted by atomic mass is 32.2. The molecule has 2 heterocycles.